The summed E-state index contributed by atoms with van der Waals surface area (Å²) in [6, 6.07) is 6.55. The fraction of sp³-hybridized carbons (Fsp3) is 0.400. The molecule has 0 radical (unpaired) electrons. The highest BCUT2D eigenvalue weighted by Gasteiger charge is 2.21. The first kappa shape index (κ1) is 14.9. The zero-order valence-corrected chi connectivity index (χ0v) is 12.6. The first-order valence-electron chi connectivity index (χ1n) is 6.63. The molecule has 0 fully saturated rings. The topological polar surface area (TPSA) is 68.3 Å². The Balaban J connectivity index is 2.15. The normalized spacial score (nSPS) is 14.5. The summed E-state index contributed by atoms with van der Waals surface area (Å²) in [4.78, 5) is 11.9. The third-order valence-corrected chi connectivity index (χ3v) is 3.54. The molecule has 0 aliphatic heterocycles. The van der Waals surface area contributed by atoms with Crippen LogP contribution >= 0.6 is 11.6 Å². The fourth-order valence-electron chi connectivity index (χ4n) is 1.93. The van der Waals surface area contributed by atoms with Crippen LogP contribution in [0.4, 0.5) is 0 Å². The Kier molecular flexibility index (Phi) is 4.35. The molecule has 20 heavy (non-hydrogen) atoms. The van der Waals surface area contributed by atoms with E-state index in [1.165, 1.54) is 0 Å². The average molecular weight is 295 g/mol. The number of rotatable bonds is 4. The summed E-state index contributed by atoms with van der Waals surface area (Å²) in [5.74, 6) is 0.606. The Labute approximate surface area is 123 Å². The molecule has 3 N–H and O–H groups in total. The van der Waals surface area contributed by atoms with Crippen molar-refractivity contribution in [3.05, 3.63) is 35.0 Å². The van der Waals surface area contributed by atoms with Gasteiger partial charge < -0.3 is 15.5 Å². The quantitative estimate of drug-likeness (QED) is 0.909. The summed E-state index contributed by atoms with van der Waals surface area (Å²) in [6.45, 7) is 5.69. The molecule has 1 amide bonds. The van der Waals surface area contributed by atoms with Crippen LogP contribution in [0.5, 0.6) is 0 Å². The SMILES string of the molecule is CC(NC(=O)[C@@H](N)C(C)C)c1cc2cc(Cl)ccc2o1. The van der Waals surface area contributed by atoms with Crippen molar-refractivity contribution in [1.29, 1.82) is 0 Å². The number of hydrogen-bond acceptors (Lipinski definition) is 3. The van der Waals surface area contributed by atoms with E-state index in [1.54, 1.807) is 6.07 Å². The molecule has 108 valence electrons. The molecule has 5 heteroatoms. The Morgan fingerprint density at radius 2 is 2.00 bits per heavy atom. The molecule has 0 bridgehead atoms. The summed E-state index contributed by atoms with van der Waals surface area (Å²) in [6.07, 6.45) is 0. The molecule has 2 aromatic rings. The fourth-order valence-corrected chi connectivity index (χ4v) is 2.11. The zero-order valence-electron chi connectivity index (χ0n) is 11.8. The summed E-state index contributed by atoms with van der Waals surface area (Å²) in [7, 11) is 0. The zero-order chi connectivity index (χ0) is 14.9. The van der Waals surface area contributed by atoms with Gasteiger partial charge in [0.05, 0.1) is 12.1 Å². The van der Waals surface area contributed by atoms with Gasteiger partial charge in [0.2, 0.25) is 5.91 Å². The lowest BCUT2D eigenvalue weighted by Crippen LogP contribution is -2.44. The highest BCUT2D eigenvalue weighted by atomic mass is 35.5. The van der Waals surface area contributed by atoms with E-state index >= 15 is 0 Å². The van der Waals surface area contributed by atoms with Crippen LogP contribution in [0.3, 0.4) is 0 Å². The molecule has 4 nitrogen and oxygen atoms in total. The van der Waals surface area contributed by atoms with E-state index in [1.807, 2.05) is 39.0 Å². The summed E-state index contributed by atoms with van der Waals surface area (Å²) in [5, 5.41) is 4.44. The van der Waals surface area contributed by atoms with E-state index in [4.69, 9.17) is 21.8 Å². The Morgan fingerprint density at radius 1 is 1.30 bits per heavy atom. The maximum absolute atomic E-state index is 11.9. The van der Waals surface area contributed by atoms with Gasteiger partial charge in [-0.05, 0) is 37.1 Å². The Morgan fingerprint density at radius 3 is 2.65 bits per heavy atom. The third-order valence-electron chi connectivity index (χ3n) is 3.30. The molecule has 1 aromatic carbocycles. The molecule has 0 saturated heterocycles. The highest BCUT2D eigenvalue weighted by Crippen LogP contribution is 2.26. The van der Waals surface area contributed by atoms with Gasteiger partial charge >= 0.3 is 0 Å². The van der Waals surface area contributed by atoms with E-state index < -0.39 is 6.04 Å². The van der Waals surface area contributed by atoms with Gasteiger partial charge in [0, 0.05) is 10.4 Å². The molecule has 2 atom stereocenters. The monoisotopic (exact) mass is 294 g/mol. The number of carbonyl (C=O) groups is 1. The van der Waals surface area contributed by atoms with Crippen molar-refractivity contribution in [2.24, 2.45) is 11.7 Å². The molecular formula is C15H19ClN2O2. The predicted molar refractivity (Wildman–Crippen MR) is 80.6 cm³/mol. The van der Waals surface area contributed by atoms with Crippen LogP contribution in [0, 0.1) is 5.92 Å². The van der Waals surface area contributed by atoms with E-state index in [0.717, 1.165) is 11.0 Å². The maximum atomic E-state index is 11.9. The molecule has 1 unspecified atom stereocenters. The summed E-state index contributed by atoms with van der Waals surface area (Å²) >= 11 is 5.94. The number of nitrogens with two attached hydrogens (primary N) is 1. The lowest BCUT2D eigenvalue weighted by atomic mass is 10.0. The third kappa shape index (κ3) is 3.14. The number of amides is 1. The Hall–Kier alpha value is -1.52. The highest BCUT2D eigenvalue weighted by molar-refractivity contribution is 6.31. The predicted octanol–water partition coefficient (Wildman–Crippen LogP) is 3.25. The van der Waals surface area contributed by atoms with Gasteiger partial charge in [-0.15, -0.1) is 0 Å². The van der Waals surface area contributed by atoms with Crippen LogP contribution in [-0.4, -0.2) is 11.9 Å². The van der Waals surface area contributed by atoms with Crippen molar-refractivity contribution >= 4 is 28.5 Å². The van der Waals surface area contributed by atoms with Gasteiger partial charge in [-0.2, -0.15) is 0 Å². The standard InChI is InChI=1S/C15H19ClN2O2/c1-8(2)14(17)15(19)18-9(3)13-7-10-6-11(16)4-5-12(10)20-13/h4-9,14H,17H2,1-3H3,(H,18,19)/t9?,14-/m0/s1. The molecule has 1 heterocycles. The van der Waals surface area contributed by atoms with Crippen molar-refractivity contribution in [1.82, 2.24) is 5.32 Å². The minimum atomic E-state index is -0.517. The van der Waals surface area contributed by atoms with Crippen LogP contribution in [0.1, 0.15) is 32.6 Å². The lowest BCUT2D eigenvalue weighted by molar-refractivity contribution is -0.124. The summed E-state index contributed by atoms with van der Waals surface area (Å²) in [5.41, 5.74) is 6.57. The number of furan rings is 1. The number of halogens is 1. The minimum absolute atomic E-state index is 0.0941. The van der Waals surface area contributed by atoms with Crippen LogP contribution in [0.25, 0.3) is 11.0 Å². The average Bonchev–Trinajstić information content (AvgIpc) is 2.80. The second kappa shape index (κ2) is 5.85. The van der Waals surface area contributed by atoms with Crippen molar-refractivity contribution in [2.45, 2.75) is 32.9 Å². The minimum Gasteiger partial charge on any atom is -0.459 e. The van der Waals surface area contributed by atoms with Crippen molar-refractivity contribution < 1.29 is 9.21 Å². The van der Waals surface area contributed by atoms with Crippen molar-refractivity contribution in [2.75, 3.05) is 0 Å². The lowest BCUT2D eigenvalue weighted by Gasteiger charge is -2.18. The second-order valence-electron chi connectivity index (χ2n) is 5.33. The van der Waals surface area contributed by atoms with Crippen LogP contribution < -0.4 is 11.1 Å². The van der Waals surface area contributed by atoms with Crippen molar-refractivity contribution in [3.63, 3.8) is 0 Å². The second-order valence-corrected chi connectivity index (χ2v) is 5.77. The molecule has 0 saturated carbocycles. The summed E-state index contributed by atoms with van der Waals surface area (Å²) < 4.78 is 5.71. The van der Waals surface area contributed by atoms with Gasteiger partial charge in [0.1, 0.15) is 11.3 Å². The van der Waals surface area contributed by atoms with Crippen molar-refractivity contribution in [3.8, 4) is 0 Å². The largest absolute Gasteiger partial charge is 0.459 e. The molecule has 1 aromatic heterocycles. The molecule has 0 spiro atoms. The molecule has 0 aliphatic rings. The number of nitrogens with one attached hydrogen (secondary N) is 1. The number of hydrogen-bond donors (Lipinski definition) is 2. The van der Waals surface area contributed by atoms with E-state index in [2.05, 4.69) is 5.32 Å². The van der Waals surface area contributed by atoms with Gasteiger partial charge in [0.25, 0.3) is 0 Å². The van der Waals surface area contributed by atoms with Crippen LogP contribution in [0.15, 0.2) is 28.7 Å². The number of carbonyl (C=O) groups excluding carboxylic acids is 1. The van der Waals surface area contributed by atoms with Gasteiger partial charge in [-0.1, -0.05) is 25.4 Å². The van der Waals surface area contributed by atoms with E-state index in [9.17, 15) is 4.79 Å². The number of fused-ring (bicyclic) bond motifs is 1. The smallest absolute Gasteiger partial charge is 0.237 e. The first-order chi connectivity index (χ1) is 9.38. The first-order valence-corrected chi connectivity index (χ1v) is 7.01. The van der Waals surface area contributed by atoms with Gasteiger partial charge in [0.15, 0.2) is 0 Å². The Bertz CT molecular complexity index is 621. The van der Waals surface area contributed by atoms with Gasteiger partial charge in [-0.25, -0.2) is 0 Å². The van der Waals surface area contributed by atoms with Crippen LogP contribution in [0.2, 0.25) is 5.02 Å². The molecular weight excluding hydrogens is 276 g/mol. The molecule has 2 rings (SSSR count). The van der Waals surface area contributed by atoms with E-state index in [0.29, 0.717) is 10.8 Å². The maximum Gasteiger partial charge on any atom is 0.237 e. The molecule has 0 aliphatic carbocycles. The van der Waals surface area contributed by atoms with E-state index in [-0.39, 0.29) is 17.9 Å². The van der Waals surface area contributed by atoms with Crippen LogP contribution in [-0.2, 0) is 4.79 Å². The van der Waals surface area contributed by atoms with Gasteiger partial charge in [-0.3, -0.25) is 4.79 Å². The number of benzene rings is 1.